The van der Waals surface area contributed by atoms with Gasteiger partial charge in [-0.15, -0.1) is 0 Å². The highest BCUT2D eigenvalue weighted by atomic mass is 32.3. The predicted octanol–water partition coefficient (Wildman–Crippen LogP) is 5.41. The van der Waals surface area contributed by atoms with Crippen LogP contribution in [0, 0.1) is 17.8 Å². The minimum Gasteiger partial charge on any atom is -0.469 e. The van der Waals surface area contributed by atoms with E-state index in [0.717, 1.165) is 19.3 Å². The fourth-order valence-electron chi connectivity index (χ4n) is 6.75. The molecule has 2 aromatic rings. The smallest absolute Gasteiger partial charge is 0.305 e. The van der Waals surface area contributed by atoms with Crippen molar-refractivity contribution in [3.63, 3.8) is 0 Å². The van der Waals surface area contributed by atoms with E-state index in [0.29, 0.717) is 24.8 Å². The van der Waals surface area contributed by atoms with Crippen molar-refractivity contribution in [1.82, 2.24) is 0 Å². The molecule has 0 saturated heterocycles. The quantitative estimate of drug-likeness (QED) is 0.149. The van der Waals surface area contributed by atoms with Crippen LogP contribution in [0.2, 0.25) is 0 Å². The molecule has 8 nitrogen and oxygen atoms in total. The van der Waals surface area contributed by atoms with E-state index in [1.807, 2.05) is 12.2 Å². The summed E-state index contributed by atoms with van der Waals surface area (Å²) < 4.78 is 60.7. The highest BCUT2D eigenvalue weighted by Gasteiger charge is 2.57. The number of benzene rings is 2. The lowest BCUT2D eigenvalue weighted by Crippen LogP contribution is -2.47. The molecule has 0 aromatic heterocycles. The second-order valence-corrected chi connectivity index (χ2v) is 16.8. The van der Waals surface area contributed by atoms with Gasteiger partial charge in [-0.3, -0.25) is 4.79 Å². The average Bonchev–Trinajstić information content (AvgIpc) is 3.54. The van der Waals surface area contributed by atoms with Crippen LogP contribution >= 0.6 is 0 Å². The monoisotopic (exact) mass is 644 g/mol. The molecule has 0 radical (unpaired) electrons. The molecular formula is C34H44O8S2. The number of hydrogen-bond acceptors (Lipinski definition) is 8. The molecule has 0 heterocycles. The third-order valence-electron chi connectivity index (χ3n) is 9.13. The van der Waals surface area contributed by atoms with Crippen LogP contribution in [-0.2, 0) is 29.2 Å². The summed E-state index contributed by atoms with van der Waals surface area (Å²) in [4.78, 5) is 12.1. The number of fused-ring (bicyclic) bond motifs is 1. The maximum atomic E-state index is 14.6. The summed E-state index contributed by atoms with van der Waals surface area (Å²) in [6.45, 7) is 2.10. The molecule has 0 spiro atoms. The van der Waals surface area contributed by atoms with Gasteiger partial charge in [0.2, 0.25) is 0 Å². The summed E-state index contributed by atoms with van der Waals surface area (Å²) in [5, 5.41) is 21.3. The van der Waals surface area contributed by atoms with Gasteiger partial charge in [-0.2, -0.15) is 0 Å². The Morgan fingerprint density at radius 2 is 1.59 bits per heavy atom. The molecule has 2 aliphatic carbocycles. The number of allylic oxidation sites excluding steroid dienone is 2. The number of aliphatic hydroxyl groups is 2. The van der Waals surface area contributed by atoms with E-state index in [1.165, 1.54) is 31.4 Å². The Balaban J connectivity index is 1.74. The highest BCUT2D eigenvalue weighted by Crippen LogP contribution is 2.52. The first-order valence-electron chi connectivity index (χ1n) is 15.4. The first-order valence-corrected chi connectivity index (χ1v) is 18.3. The summed E-state index contributed by atoms with van der Waals surface area (Å²) in [6.07, 6.45) is 7.58. The summed E-state index contributed by atoms with van der Waals surface area (Å²) in [5.41, 5.74) is 0.665. The lowest BCUT2D eigenvalue weighted by molar-refractivity contribution is -0.140. The van der Waals surface area contributed by atoms with E-state index in [4.69, 9.17) is 4.74 Å². The topological polar surface area (TPSA) is 135 Å². The zero-order valence-electron chi connectivity index (χ0n) is 25.4. The summed E-state index contributed by atoms with van der Waals surface area (Å²) in [6, 6.07) is 15.0. The van der Waals surface area contributed by atoms with Crippen LogP contribution in [0.3, 0.4) is 0 Å². The molecule has 1 fully saturated rings. The number of aliphatic hydroxyl groups excluding tert-OH is 2. The van der Waals surface area contributed by atoms with Gasteiger partial charge in [0, 0.05) is 18.8 Å². The Bertz CT molecular complexity index is 1460. The molecule has 0 unspecified atom stereocenters. The molecule has 2 aliphatic rings. The Morgan fingerprint density at radius 3 is 2.14 bits per heavy atom. The van der Waals surface area contributed by atoms with Gasteiger partial charge in [-0.05, 0) is 61.8 Å². The second kappa shape index (κ2) is 14.5. The number of esters is 1. The van der Waals surface area contributed by atoms with E-state index >= 15 is 0 Å². The third kappa shape index (κ3) is 7.03. The molecule has 5 atom stereocenters. The first-order chi connectivity index (χ1) is 21.0. The van der Waals surface area contributed by atoms with Gasteiger partial charge in [0.25, 0.3) is 0 Å². The summed E-state index contributed by atoms with van der Waals surface area (Å²) in [5.74, 6) is -1.08. The van der Waals surface area contributed by atoms with Crippen LogP contribution in [0.1, 0.15) is 64.7 Å². The normalized spacial score (nSPS) is 23.0. The van der Waals surface area contributed by atoms with Gasteiger partial charge >= 0.3 is 5.97 Å². The Labute approximate surface area is 261 Å². The molecule has 10 heteroatoms. The number of sulfone groups is 2. The van der Waals surface area contributed by atoms with Gasteiger partial charge in [-0.25, -0.2) is 16.8 Å². The summed E-state index contributed by atoms with van der Waals surface area (Å²) in [7, 11) is -7.96. The zero-order valence-corrected chi connectivity index (χ0v) is 27.0. The van der Waals surface area contributed by atoms with Gasteiger partial charge < -0.3 is 14.9 Å². The van der Waals surface area contributed by atoms with Gasteiger partial charge in [0.15, 0.2) is 23.8 Å². The van der Waals surface area contributed by atoms with Crippen LogP contribution in [0.25, 0.3) is 0 Å². The maximum Gasteiger partial charge on any atom is 0.305 e. The SMILES string of the molecule is CCCCC[C@H](O)/C=C/[C@H]1[C@H]2CC(CC(CCC(=O)OC)(S(=O)(=O)c3ccccc3)S(=O)(=O)c3ccccc3)=C[C@H]2C[C@H]1O. The van der Waals surface area contributed by atoms with Crippen molar-refractivity contribution in [2.75, 3.05) is 7.11 Å². The minimum absolute atomic E-state index is 0.0590. The van der Waals surface area contributed by atoms with E-state index in [-0.39, 0.29) is 34.0 Å². The summed E-state index contributed by atoms with van der Waals surface area (Å²) >= 11 is 0. The number of rotatable bonds is 15. The Hall–Kier alpha value is -2.79. The third-order valence-corrected chi connectivity index (χ3v) is 14.9. The lowest BCUT2D eigenvalue weighted by atomic mass is 9.88. The highest BCUT2D eigenvalue weighted by molar-refractivity contribution is 8.10. The minimum atomic E-state index is -4.57. The molecule has 0 amide bonds. The largest absolute Gasteiger partial charge is 0.469 e. The first kappa shape index (κ1) is 34.1. The molecule has 0 aliphatic heterocycles. The molecule has 240 valence electrons. The van der Waals surface area contributed by atoms with Gasteiger partial charge in [0.1, 0.15) is 0 Å². The van der Waals surface area contributed by atoms with Crippen LogP contribution in [0.5, 0.6) is 0 Å². The van der Waals surface area contributed by atoms with Crippen molar-refractivity contribution in [3.05, 3.63) is 84.5 Å². The molecule has 2 N–H and O–H groups in total. The van der Waals surface area contributed by atoms with Crippen LogP contribution in [-0.4, -0.2) is 56.4 Å². The van der Waals surface area contributed by atoms with Crippen molar-refractivity contribution in [2.24, 2.45) is 17.8 Å². The van der Waals surface area contributed by atoms with E-state index < -0.39 is 54.8 Å². The maximum absolute atomic E-state index is 14.6. The Morgan fingerprint density at radius 1 is 1.00 bits per heavy atom. The van der Waals surface area contributed by atoms with Gasteiger partial charge in [-0.1, -0.05) is 86.4 Å². The van der Waals surface area contributed by atoms with E-state index in [1.54, 1.807) is 42.5 Å². The van der Waals surface area contributed by atoms with E-state index in [2.05, 4.69) is 6.92 Å². The molecule has 44 heavy (non-hydrogen) atoms. The predicted molar refractivity (Wildman–Crippen MR) is 169 cm³/mol. The fraction of sp³-hybridized carbons (Fsp3) is 0.500. The molecule has 0 bridgehead atoms. The van der Waals surface area contributed by atoms with Crippen LogP contribution < -0.4 is 0 Å². The number of carbonyl (C=O) groups excluding carboxylic acids is 1. The molecule has 1 saturated carbocycles. The average molecular weight is 645 g/mol. The fourth-order valence-corrected chi connectivity index (χ4v) is 11.9. The molecule has 4 rings (SSSR count). The van der Waals surface area contributed by atoms with Crippen molar-refractivity contribution in [1.29, 1.82) is 0 Å². The van der Waals surface area contributed by atoms with Crippen LogP contribution in [0.4, 0.5) is 0 Å². The van der Waals surface area contributed by atoms with Crippen LogP contribution in [0.15, 0.2) is 94.3 Å². The lowest BCUT2D eigenvalue weighted by Gasteiger charge is -2.34. The number of hydrogen-bond donors (Lipinski definition) is 2. The van der Waals surface area contributed by atoms with E-state index in [9.17, 15) is 31.8 Å². The second-order valence-electron chi connectivity index (χ2n) is 12.0. The molecule has 2 aromatic carbocycles. The number of ether oxygens (including phenoxy) is 1. The van der Waals surface area contributed by atoms with Gasteiger partial charge in [0.05, 0.1) is 29.1 Å². The van der Waals surface area contributed by atoms with Crippen molar-refractivity contribution in [3.8, 4) is 0 Å². The number of unbranched alkanes of at least 4 members (excludes halogenated alkanes) is 2. The number of methoxy groups -OCH3 is 1. The molecular weight excluding hydrogens is 601 g/mol. The van der Waals surface area contributed by atoms with Crippen molar-refractivity contribution >= 4 is 25.6 Å². The number of carbonyl (C=O) groups is 1. The zero-order chi connectivity index (χ0) is 32.0. The van der Waals surface area contributed by atoms with Crippen molar-refractivity contribution in [2.45, 2.75) is 90.8 Å². The van der Waals surface area contributed by atoms with Crippen molar-refractivity contribution < 1.29 is 36.6 Å². The Kier molecular flexibility index (Phi) is 11.3. The standard InChI is InChI=1S/C34H44O8S2/c1-3-4-7-12-27(35)17-18-30-31-22-25(21-26(31)23-32(30)36)24-34(20-19-33(37)42-2,43(38,39)28-13-8-5-9-14-28)44(40,41)29-15-10-6-11-16-29/h5-6,8-11,13-18,21,26-27,30-32,35-36H,3-4,7,12,19-20,22-24H2,1-2H3/b18-17+/t26-,27-,30-,31-,32+/m0/s1.